The number of ether oxygens (including phenoxy) is 1. The molecule has 6 heteroatoms. The summed E-state index contributed by atoms with van der Waals surface area (Å²) in [5, 5.41) is 6.02. The van der Waals surface area contributed by atoms with Gasteiger partial charge in [-0.15, -0.1) is 0 Å². The van der Waals surface area contributed by atoms with Crippen LogP contribution < -0.4 is 20.3 Å². The van der Waals surface area contributed by atoms with Crippen LogP contribution >= 0.6 is 12.2 Å². The molecule has 2 aromatic rings. The first-order valence-electron chi connectivity index (χ1n) is 9.77. The number of hydrogen-bond donors (Lipinski definition) is 2. The average Bonchev–Trinajstić information content (AvgIpc) is 2.65. The Morgan fingerprint density at radius 3 is 2.21 bits per heavy atom. The lowest BCUT2D eigenvalue weighted by atomic mass is 9.87. The fraction of sp³-hybridized carbons (Fsp3) is 0.391. The SMILES string of the molecule is CN(C)c1ccc(NC(=S)NC(=O)CCCOc2ccc(C(C)(C)C)cc2)cc1. The second-order valence-electron chi connectivity index (χ2n) is 8.17. The molecule has 0 unspecified atom stereocenters. The summed E-state index contributed by atoms with van der Waals surface area (Å²) in [4.78, 5) is 14.1. The summed E-state index contributed by atoms with van der Waals surface area (Å²) in [5.74, 6) is 0.691. The van der Waals surface area contributed by atoms with Crippen molar-refractivity contribution in [1.29, 1.82) is 0 Å². The van der Waals surface area contributed by atoms with Gasteiger partial charge in [0.25, 0.3) is 0 Å². The molecule has 2 N–H and O–H groups in total. The highest BCUT2D eigenvalue weighted by Gasteiger charge is 2.13. The molecule has 0 fully saturated rings. The van der Waals surface area contributed by atoms with Crippen molar-refractivity contribution in [3.63, 3.8) is 0 Å². The molecule has 156 valence electrons. The van der Waals surface area contributed by atoms with Crippen LogP contribution in [-0.2, 0) is 10.2 Å². The maximum atomic E-state index is 12.1. The van der Waals surface area contributed by atoms with E-state index in [2.05, 4.69) is 43.5 Å². The molecule has 0 aliphatic heterocycles. The van der Waals surface area contributed by atoms with Gasteiger partial charge in [-0.2, -0.15) is 0 Å². The third-order valence-corrected chi connectivity index (χ3v) is 4.64. The van der Waals surface area contributed by atoms with Gasteiger partial charge in [0.1, 0.15) is 5.75 Å². The van der Waals surface area contributed by atoms with E-state index in [1.165, 1.54) is 5.56 Å². The van der Waals surface area contributed by atoms with Gasteiger partial charge in [-0.3, -0.25) is 4.79 Å². The minimum atomic E-state index is -0.126. The number of anilines is 2. The zero-order valence-electron chi connectivity index (χ0n) is 17.9. The maximum Gasteiger partial charge on any atom is 0.226 e. The fourth-order valence-electron chi connectivity index (χ4n) is 2.67. The second kappa shape index (κ2) is 10.3. The van der Waals surface area contributed by atoms with Crippen LogP contribution in [0.4, 0.5) is 11.4 Å². The number of amides is 1. The van der Waals surface area contributed by atoms with Crippen LogP contribution in [0.2, 0.25) is 0 Å². The standard InChI is InChI=1S/C23H31N3O2S/c1-23(2,3)17-8-14-20(15-9-17)28-16-6-7-21(27)25-22(29)24-18-10-12-19(13-11-18)26(4)5/h8-15H,6-7,16H2,1-5H3,(H2,24,25,27,29). The van der Waals surface area contributed by atoms with Gasteiger partial charge in [0, 0.05) is 31.9 Å². The molecule has 0 aromatic heterocycles. The third-order valence-electron chi connectivity index (χ3n) is 4.43. The Labute approximate surface area is 179 Å². The number of thiocarbonyl (C=S) groups is 1. The predicted molar refractivity (Wildman–Crippen MR) is 125 cm³/mol. The monoisotopic (exact) mass is 413 g/mol. The van der Waals surface area contributed by atoms with E-state index in [0.717, 1.165) is 17.1 Å². The first kappa shape index (κ1) is 22.7. The van der Waals surface area contributed by atoms with E-state index in [9.17, 15) is 4.79 Å². The van der Waals surface area contributed by atoms with Crippen LogP contribution in [0.3, 0.4) is 0 Å². The zero-order valence-corrected chi connectivity index (χ0v) is 18.7. The van der Waals surface area contributed by atoms with Crippen LogP contribution in [0.5, 0.6) is 5.75 Å². The molecule has 2 aromatic carbocycles. The Morgan fingerprint density at radius 2 is 1.66 bits per heavy atom. The van der Waals surface area contributed by atoms with Crippen molar-refractivity contribution in [3.05, 3.63) is 54.1 Å². The Hall–Kier alpha value is -2.60. The molecule has 0 spiro atoms. The Kier molecular flexibility index (Phi) is 8.02. The third kappa shape index (κ3) is 7.74. The molecular formula is C23H31N3O2S. The summed E-state index contributed by atoms with van der Waals surface area (Å²) < 4.78 is 5.72. The fourth-order valence-corrected chi connectivity index (χ4v) is 2.90. The van der Waals surface area contributed by atoms with Gasteiger partial charge in [-0.05, 0) is 66.0 Å². The maximum absolute atomic E-state index is 12.1. The molecule has 0 atom stereocenters. The zero-order chi connectivity index (χ0) is 21.4. The van der Waals surface area contributed by atoms with E-state index in [0.29, 0.717) is 24.6 Å². The quantitative estimate of drug-likeness (QED) is 0.508. The summed E-state index contributed by atoms with van der Waals surface area (Å²) >= 11 is 5.21. The summed E-state index contributed by atoms with van der Waals surface area (Å²) in [5.41, 5.74) is 3.32. The van der Waals surface area contributed by atoms with Crippen molar-refractivity contribution in [2.75, 3.05) is 30.9 Å². The molecule has 0 saturated carbocycles. The highest BCUT2D eigenvalue weighted by atomic mass is 32.1. The van der Waals surface area contributed by atoms with E-state index < -0.39 is 0 Å². The lowest BCUT2D eigenvalue weighted by molar-refractivity contribution is -0.119. The minimum Gasteiger partial charge on any atom is -0.494 e. The number of nitrogens with zero attached hydrogens (tertiary/aromatic N) is 1. The molecule has 2 rings (SSSR count). The van der Waals surface area contributed by atoms with Gasteiger partial charge < -0.3 is 20.3 Å². The van der Waals surface area contributed by atoms with Crippen molar-refractivity contribution < 1.29 is 9.53 Å². The minimum absolute atomic E-state index is 0.122. The molecule has 5 nitrogen and oxygen atoms in total. The van der Waals surface area contributed by atoms with E-state index in [1.807, 2.05) is 55.4 Å². The predicted octanol–water partition coefficient (Wildman–Crippen LogP) is 4.72. The van der Waals surface area contributed by atoms with E-state index in [-0.39, 0.29) is 11.3 Å². The number of carbonyl (C=O) groups is 1. The van der Waals surface area contributed by atoms with Gasteiger partial charge in [-0.25, -0.2) is 0 Å². The van der Waals surface area contributed by atoms with E-state index in [1.54, 1.807) is 0 Å². The lowest BCUT2D eigenvalue weighted by Crippen LogP contribution is -2.34. The highest BCUT2D eigenvalue weighted by molar-refractivity contribution is 7.80. The second-order valence-corrected chi connectivity index (χ2v) is 8.58. The van der Waals surface area contributed by atoms with Crippen molar-refractivity contribution >= 4 is 34.6 Å². The molecular weight excluding hydrogens is 382 g/mol. The normalized spacial score (nSPS) is 10.9. The molecule has 29 heavy (non-hydrogen) atoms. The molecule has 0 aliphatic rings. The first-order valence-corrected chi connectivity index (χ1v) is 10.2. The van der Waals surface area contributed by atoms with Crippen molar-refractivity contribution in [3.8, 4) is 5.75 Å². The molecule has 0 bridgehead atoms. The Morgan fingerprint density at radius 1 is 1.03 bits per heavy atom. The summed E-state index contributed by atoms with van der Waals surface area (Å²) in [6, 6.07) is 15.9. The number of benzene rings is 2. The molecule has 1 amide bonds. The molecule has 0 heterocycles. The van der Waals surface area contributed by atoms with Crippen LogP contribution in [-0.4, -0.2) is 31.7 Å². The summed E-state index contributed by atoms with van der Waals surface area (Å²) in [6.07, 6.45) is 0.967. The van der Waals surface area contributed by atoms with Gasteiger partial charge in [0.05, 0.1) is 6.61 Å². The number of rotatable bonds is 7. The van der Waals surface area contributed by atoms with Crippen molar-refractivity contribution in [2.45, 2.75) is 39.0 Å². The first-order chi connectivity index (χ1) is 13.6. The van der Waals surface area contributed by atoms with Gasteiger partial charge in [-0.1, -0.05) is 32.9 Å². The Balaban J connectivity index is 1.68. The van der Waals surface area contributed by atoms with Gasteiger partial charge in [0.2, 0.25) is 5.91 Å². The van der Waals surface area contributed by atoms with Crippen molar-refractivity contribution in [2.24, 2.45) is 0 Å². The summed E-state index contributed by atoms with van der Waals surface area (Å²) in [6.45, 7) is 7.02. The summed E-state index contributed by atoms with van der Waals surface area (Å²) in [7, 11) is 3.97. The number of carbonyl (C=O) groups excluding carboxylic acids is 1. The molecule has 0 radical (unpaired) electrons. The van der Waals surface area contributed by atoms with Crippen LogP contribution in [0.25, 0.3) is 0 Å². The van der Waals surface area contributed by atoms with Gasteiger partial charge >= 0.3 is 0 Å². The molecule has 0 aliphatic carbocycles. The van der Waals surface area contributed by atoms with E-state index in [4.69, 9.17) is 17.0 Å². The van der Waals surface area contributed by atoms with E-state index >= 15 is 0 Å². The average molecular weight is 414 g/mol. The molecule has 0 saturated heterocycles. The van der Waals surface area contributed by atoms with Crippen LogP contribution in [0.1, 0.15) is 39.2 Å². The topological polar surface area (TPSA) is 53.6 Å². The van der Waals surface area contributed by atoms with Crippen LogP contribution in [0.15, 0.2) is 48.5 Å². The number of hydrogen-bond acceptors (Lipinski definition) is 4. The lowest BCUT2D eigenvalue weighted by Gasteiger charge is -2.19. The smallest absolute Gasteiger partial charge is 0.226 e. The largest absolute Gasteiger partial charge is 0.494 e. The Bertz CT molecular complexity index is 810. The highest BCUT2D eigenvalue weighted by Crippen LogP contribution is 2.24. The van der Waals surface area contributed by atoms with Crippen LogP contribution in [0, 0.1) is 0 Å². The number of nitrogens with one attached hydrogen (secondary N) is 2. The van der Waals surface area contributed by atoms with Crippen molar-refractivity contribution in [1.82, 2.24) is 5.32 Å². The van der Waals surface area contributed by atoms with Gasteiger partial charge in [0.15, 0.2) is 5.11 Å².